The number of anilines is 2. The Morgan fingerprint density at radius 3 is 2.74 bits per heavy atom. The minimum absolute atomic E-state index is 0.0505. The summed E-state index contributed by atoms with van der Waals surface area (Å²) in [5.41, 5.74) is 0.854. The van der Waals surface area contributed by atoms with Gasteiger partial charge in [-0.05, 0) is 24.3 Å². The summed E-state index contributed by atoms with van der Waals surface area (Å²) in [6.45, 7) is 3.55. The molecule has 1 saturated heterocycles. The van der Waals surface area contributed by atoms with E-state index in [1.54, 1.807) is 19.5 Å². The summed E-state index contributed by atoms with van der Waals surface area (Å²) < 4.78 is 6.21. The van der Waals surface area contributed by atoms with Gasteiger partial charge in [-0.3, -0.25) is 9.69 Å². The molecule has 140 valence electrons. The largest absolute Gasteiger partial charge is 0.497 e. The van der Waals surface area contributed by atoms with Gasteiger partial charge in [-0.1, -0.05) is 11.3 Å². The fourth-order valence-electron chi connectivity index (χ4n) is 3.01. The molecule has 0 aliphatic carbocycles. The lowest BCUT2D eigenvalue weighted by Gasteiger charge is -2.34. The topological polar surface area (TPSA) is 83.5 Å². The van der Waals surface area contributed by atoms with E-state index in [2.05, 4.69) is 30.1 Å². The molecule has 0 radical (unpaired) electrons. The molecule has 27 heavy (non-hydrogen) atoms. The Hall–Kier alpha value is -2.78. The van der Waals surface area contributed by atoms with Crippen LogP contribution in [0.2, 0.25) is 0 Å². The van der Waals surface area contributed by atoms with Crippen molar-refractivity contribution in [2.45, 2.75) is 0 Å². The average molecular weight is 384 g/mol. The Labute approximate surface area is 160 Å². The maximum Gasteiger partial charge on any atom is 0.240 e. The Bertz CT molecular complexity index is 924. The number of hydrogen-bond acceptors (Lipinski definition) is 8. The highest BCUT2D eigenvalue weighted by Crippen LogP contribution is 2.29. The quantitative estimate of drug-likeness (QED) is 0.719. The van der Waals surface area contributed by atoms with E-state index in [1.807, 2.05) is 24.3 Å². The third-order valence-corrected chi connectivity index (χ3v) is 5.35. The molecular formula is C18H20N6O2S. The van der Waals surface area contributed by atoms with Crippen LogP contribution in [0.1, 0.15) is 0 Å². The van der Waals surface area contributed by atoms with Crippen molar-refractivity contribution in [3.05, 3.63) is 36.7 Å². The number of carbonyl (C=O) groups excluding carboxylic acids is 1. The normalized spacial score (nSPS) is 15.1. The minimum atomic E-state index is -0.0505. The zero-order chi connectivity index (χ0) is 18.6. The van der Waals surface area contributed by atoms with E-state index in [4.69, 9.17) is 4.74 Å². The SMILES string of the molecule is COc1ccc2nc(NC(=O)CN3CCN(c4ncccn4)CC3)sc2c1. The molecule has 2 aromatic heterocycles. The summed E-state index contributed by atoms with van der Waals surface area (Å²) in [4.78, 5) is 29.7. The maximum atomic E-state index is 12.4. The van der Waals surface area contributed by atoms with E-state index in [-0.39, 0.29) is 5.91 Å². The average Bonchev–Trinajstić information content (AvgIpc) is 3.10. The summed E-state index contributed by atoms with van der Waals surface area (Å²) >= 11 is 1.45. The number of benzene rings is 1. The van der Waals surface area contributed by atoms with Crippen molar-refractivity contribution in [2.24, 2.45) is 0 Å². The third-order valence-electron chi connectivity index (χ3n) is 4.42. The molecule has 0 unspecified atom stereocenters. The van der Waals surface area contributed by atoms with Gasteiger partial charge in [-0.2, -0.15) is 0 Å². The van der Waals surface area contributed by atoms with Crippen molar-refractivity contribution in [1.29, 1.82) is 0 Å². The summed E-state index contributed by atoms with van der Waals surface area (Å²) in [6.07, 6.45) is 3.49. The minimum Gasteiger partial charge on any atom is -0.497 e. The Balaban J connectivity index is 1.31. The fourth-order valence-corrected chi connectivity index (χ4v) is 3.92. The molecule has 1 N–H and O–H groups in total. The summed E-state index contributed by atoms with van der Waals surface area (Å²) in [7, 11) is 1.63. The van der Waals surface area contributed by atoms with Gasteiger partial charge in [-0.15, -0.1) is 0 Å². The number of amides is 1. The number of nitrogens with zero attached hydrogens (tertiary/aromatic N) is 5. The molecule has 3 heterocycles. The summed E-state index contributed by atoms with van der Waals surface area (Å²) in [5.74, 6) is 1.47. The first-order chi connectivity index (χ1) is 13.2. The number of rotatable bonds is 5. The van der Waals surface area contributed by atoms with Crippen LogP contribution in [0.3, 0.4) is 0 Å². The standard InChI is InChI=1S/C18H20N6O2S/c1-26-13-3-4-14-15(11-13)27-18(21-14)22-16(25)12-23-7-9-24(10-8-23)17-19-5-2-6-20-17/h2-6,11H,7-10,12H2,1H3,(H,21,22,25). The lowest BCUT2D eigenvalue weighted by Crippen LogP contribution is -2.49. The molecule has 1 aliphatic heterocycles. The number of fused-ring (bicyclic) bond motifs is 1. The molecule has 1 aromatic carbocycles. The van der Waals surface area contributed by atoms with Gasteiger partial charge in [0.05, 0.1) is 23.9 Å². The number of aromatic nitrogens is 3. The van der Waals surface area contributed by atoms with E-state index in [0.29, 0.717) is 11.7 Å². The van der Waals surface area contributed by atoms with E-state index in [1.165, 1.54) is 11.3 Å². The molecular weight excluding hydrogens is 364 g/mol. The van der Waals surface area contributed by atoms with Crippen molar-refractivity contribution >= 4 is 38.5 Å². The second-order valence-electron chi connectivity index (χ2n) is 6.21. The first kappa shape index (κ1) is 17.6. The molecule has 0 atom stereocenters. The van der Waals surface area contributed by atoms with Crippen LogP contribution in [0.15, 0.2) is 36.7 Å². The molecule has 9 heteroatoms. The first-order valence-corrected chi connectivity index (χ1v) is 9.52. The molecule has 1 fully saturated rings. The van der Waals surface area contributed by atoms with Gasteiger partial charge < -0.3 is 15.0 Å². The Morgan fingerprint density at radius 1 is 1.22 bits per heavy atom. The predicted molar refractivity (Wildman–Crippen MR) is 105 cm³/mol. The zero-order valence-electron chi connectivity index (χ0n) is 15.0. The van der Waals surface area contributed by atoms with E-state index in [0.717, 1.165) is 48.1 Å². The van der Waals surface area contributed by atoms with Gasteiger partial charge in [0.2, 0.25) is 11.9 Å². The second kappa shape index (κ2) is 7.85. The number of thiazole rings is 1. The number of ether oxygens (including phenoxy) is 1. The van der Waals surface area contributed by atoms with Gasteiger partial charge in [-0.25, -0.2) is 15.0 Å². The number of hydrogen-bond donors (Lipinski definition) is 1. The molecule has 4 rings (SSSR count). The highest BCUT2D eigenvalue weighted by atomic mass is 32.1. The molecule has 8 nitrogen and oxygen atoms in total. The van der Waals surface area contributed by atoms with Gasteiger partial charge in [0.15, 0.2) is 5.13 Å². The van der Waals surface area contributed by atoms with Crippen LogP contribution >= 0.6 is 11.3 Å². The molecule has 0 bridgehead atoms. The lowest BCUT2D eigenvalue weighted by atomic mass is 10.3. The van der Waals surface area contributed by atoms with E-state index in [9.17, 15) is 4.79 Å². The van der Waals surface area contributed by atoms with Crippen molar-refractivity contribution in [1.82, 2.24) is 19.9 Å². The van der Waals surface area contributed by atoms with Gasteiger partial charge in [0.25, 0.3) is 0 Å². The Morgan fingerprint density at radius 2 is 2.00 bits per heavy atom. The third kappa shape index (κ3) is 4.15. The van der Waals surface area contributed by atoms with Crippen LogP contribution in [0.4, 0.5) is 11.1 Å². The number of methoxy groups -OCH3 is 1. The molecule has 1 aliphatic rings. The monoisotopic (exact) mass is 384 g/mol. The van der Waals surface area contributed by atoms with Crippen molar-refractivity contribution in [3.63, 3.8) is 0 Å². The molecule has 0 saturated carbocycles. The van der Waals surface area contributed by atoms with Crippen LogP contribution in [-0.2, 0) is 4.79 Å². The summed E-state index contributed by atoms with van der Waals surface area (Å²) in [6, 6.07) is 7.49. The highest BCUT2D eigenvalue weighted by molar-refractivity contribution is 7.22. The van der Waals surface area contributed by atoms with Crippen LogP contribution in [0.5, 0.6) is 5.75 Å². The van der Waals surface area contributed by atoms with E-state index < -0.39 is 0 Å². The number of nitrogens with one attached hydrogen (secondary N) is 1. The Kier molecular flexibility index (Phi) is 5.12. The fraction of sp³-hybridized carbons (Fsp3) is 0.333. The summed E-state index contributed by atoms with van der Waals surface area (Å²) in [5, 5.41) is 3.52. The molecule has 1 amide bonds. The van der Waals surface area contributed by atoms with Crippen molar-refractivity contribution in [3.8, 4) is 5.75 Å². The van der Waals surface area contributed by atoms with Gasteiger partial charge in [0, 0.05) is 38.6 Å². The van der Waals surface area contributed by atoms with Crippen LogP contribution in [0.25, 0.3) is 10.2 Å². The number of piperazine rings is 1. The lowest BCUT2D eigenvalue weighted by molar-refractivity contribution is -0.117. The highest BCUT2D eigenvalue weighted by Gasteiger charge is 2.21. The van der Waals surface area contributed by atoms with Crippen LogP contribution < -0.4 is 15.0 Å². The second-order valence-corrected chi connectivity index (χ2v) is 7.24. The van der Waals surface area contributed by atoms with Crippen LogP contribution in [0, 0.1) is 0 Å². The van der Waals surface area contributed by atoms with Gasteiger partial charge in [0.1, 0.15) is 5.75 Å². The zero-order valence-corrected chi connectivity index (χ0v) is 15.8. The van der Waals surface area contributed by atoms with Crippen molar-refractivity contribution in [2.75, 3.05) is 50.1 Å². The molecule has 3 aromatic rings. The first-order valence-electron chi connectivity index (χ1n) is 8.70. The van der Waals surface area contributed by atoms with Gasteiger partial charge >= 0.3 is 0 Å². The molecule has 0 spiro atoms. The maximum absolute atomic E-state index is 12.4. The van der Waals surface area contributed by atoms with E-state index >= 15 is 0 Å². The predicted octanol–water partition coefficient (Wildman–Crippen LogP) is 1.86. The number of carbonyl (C=O) groups is 1. The van der Waals surface area contributed by atoms with Crippen molar-refractivity contribution < 1.29 is 9.53 Å². The van der Waals surface area contributed by atoms with Crippen LogP contribution in [-0.4, -0.2) is 65.6 Å². The smallest absolute Gasteiger partial charge is 0.240 e.